The second-order valence-electron chi connectivity index (χ2n) is 7.58. The van der Waals surface area contributed by atoms with E-state index in [1.54, 1.807) is 18.2 Å². The summed E-state index contributed by atoms with van der Waals surface area (Å²) >= 11 is 6.01. The van der Waals surface area contributed by atoms with Crippen LogP contribution in [-0.2, 0) is 0 Å². The minimum atomic E-state index is -0.266. The molecule has 0 spiro atoms. The lowest BCUT2D eigenvalue weighted by molar-refractivity contribution is 0.0926. The van der Waals surface area contributed by atoms with E-state index in [1.807, 2.05) is 44.2 Å². The number of benzene rings is 2. The van der Waals surface area contributed by atoms with Crippen molar-refractivity contribution in [1.82, 2.24) is 15.1 Å². The third-order valence-corrected chi connectivity index (χ3v) is 5.39. The number of fused-ring (bicyclic) bond motifs is 1. The fourth-order valence-corrected chi connectivity index (χ4v) is 3.63. The third-order valence-electron chi connectivity index (χ3n) is 5.14. The van der Waals surface area contributed by atoms with Gasteiger partial charge in [0.2, 0.25) is 0 Å². The van der Waals surface area contributed by atoms with Crippen molar-refractivity contribution < 1.29 is 4.79 Å². The van der Waals surface area contributed by atoms with Crippen molar-refractivity contribution in [2.75, 3.05) is 0 Å². The van der Waals surface area contributed by atoms with Crippen molar-refractivity contribution in [2.45, 2.75) is 38.8 Å². The van der Waals surface area contributed by atoms with Gasteiger partial charge in [-0.25, -0.2) is 4.68 Å². The van der Waals surface area contributed by atoms with E-state index >= 15 is 0 Å². The SMILES string of the molecule is CC(C)n1nc(C(=O)NC(c2ccc(Cl)cc2)C2CC2)c2ccccc2c1=O. The summed E-state index contributed by atoms with van der Waals surface area (Å²) in [7, 11) is 0. The minimum Gasteiger partial charge on any atom is -0.344 e. The lowest BCUT2D eigenvalue weighted by Crippen LogP contribution is -2.34. The molecule has 1 atom stereocenters. The van der Waals surface area contributed by atoms with Gasteiger partial charge in [-0.1, -0.05) is 41.9 Å². The number of amides is 1. The highest BCUT2D eigenvalue weighted by Gasteiger charge is 2.34. The van der Waals surface area contributed by atoms with Crippen molar-refractivity contribution in [2.24, 2.45) is 5.92 Å². The maximum absolute atomic E-state index is 13.2. The van der Waals surface area contributed by atoms with Crippen LogP contribution < -0.4 is 10.9 Å². The highest BCUT2D eigenvalue weighted by atomic mass is 35.5. The van der Waals surface area contributed by atoms with E-state index in [0.717, 1.165) is 18.4 Å². The molecule has 1 saturated carbocycles. The van der Waals surface area contributed by atoms with Crippen molar-refractivity contribution >= 4 is 28.3 Å². The van der Waals surface area contributed by atoms with Gasteiger partial charge in [-0.3, -0.25) is 9.59 Å². The summed E-state index contributed by atoms with van der Waals surface area (Å²) in [5.41, 5.74) is 1.13. The van der Waals surface area contributed by atoms with Crippen LogP contribution >= 0.6 is 11.6 Å². The number of carbonyl (C=O) groups excluding carboxylic acids is 1. The minimum absolute atomic E-state index is 0.0928. The van der Waals surface area contributed by atoms with Crippen LogP contribution in [0.4, 0.5) is 0 Å². The lowest BCUT2D eigenvalue weighted by atomic mass is 10.0. The molecule has 6 heteroatoms. The number of halogens is 1. The number of rotatable bonds is 5. The van der Waals surface area contributed by atoms with Crippen LogP contribution in [0.2, 0.25) is 5.02 Å². The Balaban J connectivity index is 1.75. The molecule has 1 N–H and O–H groups in total. The molecule has 1 fully saturated rings. The smallest absolute Gasteiger partial charge is 0.274 e. The van der Waals surface area contributed by atoms with Crippen LogP contribution in [0.3, 0.4) is 0 Å². The predicted molar refractivity (Wildman–Crippen MR) is 111 cm³/mol. The summed E-state index contributed by atoms with van der Waals surface area (Å²) in [5, 5.41) is 9.31. The quantitative estimate of drug-likeness (QED) is 0.691. The zero-order valence-corrected chi connectivity index (χ0v) is 16.6. The van der Waals surface area contributed by atoms with Gasteiger partial charge < -0.3 is 5.32 Å². The third kappa shape index (κ3) is 3.54. The van der Waals surface area contributed by atoms with Crippen molar-refractivity contribution in [1.29, 1.82) is 0 Å². The summed E-state index contributed by atoms with van der Waals surface area (Å²) in [6.07, 6.45) is 2.15. The molecule has 0 bridgehead atoms. The molecule has 0 saturated heterocycles. The summed E-state index contributed by atoms with van der Waals surface area (Å²) in [4.78, 5) is 25.9. The maximum atomic E-state index is 13.2. The molecular formula is C22H22ClN3O2. The molecule has 0 radical (unpaired) electrons. The van der Waals surface area contributed by atoms with Gasteiger partial charge in [0.05, 0.1) is 17.5 Å². The zero-order chi connectivity index (χ0) is 19.8. The van der Waals surface area contributed by atoms with E-state index < -0.39 is 0 Å². The van der Waals surface area contributed by atoms with Crippen LogP contribution in [0.15, 0.2) is 53.3 Å². The Morgan fingerprint density at radius 3 is 2.36 bits per heavy atom. The molecule has 0 aliphatic heterocycles. The molecule has 1 unspecified atom stereocenters. The predicted octanol–water partition coefficient (Wildman–Crippen LogP) is 4.51. The Labute approximate surface area is 168 Å². The van der Waals surface area contributed by atoms with Crippen LogP contribution in [0.25, 0.3) is 10.8 Å². The number of hydrogen-bond donors (Lipinski definition) is 1. The summed E-state index contributed by atoms with van der Waals surface area (Å²) in [6, 6.07) is 14.5. The molecule has 1 heterocycles. The van der Waals surface area contributed by atoms with E-state index in [1.165, 1.54) is 4.68 Å². The number of aromatic nitrogens is 2. The van der Waals surface area contributed by atoms with Crippen molar-refractivity contribution in [3.63, 3.8) is 0 Å². The largest absolute Gasteiger partial charge is 0.344 e. The normalized spacial score (nSPS) is 15.0. The molecule has 2 aromatic carbocycles. The van der Waals surface area contributed by atoms with Crippen LogP contribution in [0.1, 0.15) is 54.8 Å². The van der Waals surface area contributed by atoms with E-state index in [9.17, 15) is 9.59 Å². The second kappa shape index (κ2) is 7.40. The number of hydrogen-bond acceptors (Lipinski definition) is 3. The van der Waals surface area contributed by atoms with E-state index in [-0.39, 0.29) is 29.2 Å². The molecule has 4 rings (SSSR count). The van der Waals surface area contributed by atoms with Crippen molar-refractivity contribution in [3.05, 3.63) is 75.2 Å². The van der Waals surface area contributed by atoms with Gasteiger partial charge in [0.25, 0.3) is 11.5 Å². The molecule has 1 aliphatic carbocycles. The van der Waals surface area contributed by atoms with Gasteiger partial charge in [0.15, 0.2) is 5.69 Å². The molecule has 1 aliphatic rings. The number of nitrogens with zero attached hydrogens (tertiary/aromatic N) is 2. The highest BCUT2D eigenvalue weighted by Crippen LogP contribution is 2.41. The number of carbonyl (C=O) groups is 1. The van der Waals surface area contributed by atoms with Gasteiger partial charge in [-0.2, -0.15) is 5.10 Å². The van der Waals surface area contributed by atoms with Crippen LogP contribution in [0, 0.1) is 5.92 Å². The summed E-state index contributed by atoms with van der Waals surface area (Å²) in [5.74, 6) is 0.143. The van der Waals surface area contributed by atoms with Gasteiger partial charge in [0.1, 0.15) is 0 Å². The summed E-state index contributed by atoms with van der Waals surface area (Å²) in [6.45, 7) is 3.76. The Kier molecular flexibility index (Phi) is 4.94. The monoisotopic (exact) mass is 395 g/mol. The molecule has 144 valence electrons. The standard InChI is InChI=1S/C22H22ClN3O2/c1-13(2)26-22(28)18-6-4-3-5-17(18)20(25-26)21(27)24-19(14-7-8-14)15-9-11-16(23)12-10-15/h3-6,9-14,19H,7-8H2,1-2H3,(H,24,27). The first kappa shape index (κ1) is 18.7. The van der Waals surface area contributed by atoms with Gasteiger partial charge >= 0.3 is 0 Å². The van der Waals surface area contributed by atoms with Gasteiger partial charge in [-0.05, 0) is 56.4 Å². The lowest BCUT2D eigenvalue weighted by Gasteiger charge is -2.20. The molecule has 1 amide bonds. The molecule has 1 aromatic heterocycles. The average molecular weight is 396 g/mol. The van der Waals surface area contributed by atoms with Crippen molar-refractivity contribution in [3.8, 4) is 0 Å². The molecular weight excluding hydrogens is 374 g/mol. The van der Waals surface area contributed by atoms with E-state index in [0.29, 0.717) is 21.7 Å². The van der Waals surface area contributed by atoms with Crippen LogP contribution in [0.5, 0.6) is 0 Å². The first-order valence-electron chi connectivity index (χ1n) is 9.53. The Bertz CT molecular complexity index is 1090. The molecule has 5 nitrogen and oxygen atoms in total. The van der Waals surface area contributed by atoms with Crippen LogP contribution in [-0.4, -0.2) is 15.7 Å². The molecule has 28 heavy (non-hydrogen) atoms. The Hall–Kier alpha value is -2.66. The maximum Gasteiger partial charge on any atom is 0.274 e. The second-order valence-corrected chi connectivity index (χ2v) is 8.01. The van der Waals surface area contributed by atoms with Gasteiger partial charge in [-0.15, -0.1) is 0 Å². The topological polar surface area (TPSA) is 64.0 Å². The molecule has 3 aromatic rings. The van der Waals surface area contributed by atoms with E-state index in [2.05, 4.69) is 10.4 Å². The number of nitrogens with one attached hydrogen (secondary N) is 1. The summed E-state index contributed by atoms with van der Waals surface area (Å²) < 4.78 is 1.38. The van der Waals surface area contributed by atoms with E-state index in [4.69, 9.17) is 11.6 Å². The zero-order valence-electron chi connectivity index (χ0n) is 15.9. The first-order chi connectivity index (χ1) is 13.5. The first-order valence-corrected chi connectivity index (χ1v) is 9.91. The Morgan fingerprint density at radius 1 is 1.11 bits per heavy atom. The average Bonchev–Trinajstić information content (AvgIpc) is 3.52. The fraction of sp³-hybridized carbons (Fsp3) is 0.318. The fourth-order valence-electron chi connectivity index (χ4n) is 3.51. The van der Waals surface area contributed by atoms with Gasteiger partial charge in [0, 0.05) is 10.4 Å². The highest BCUT2D eigenvalue weighted by molar-refractivity contribution is 6.30. The Morgan fingerprint density at radius 2 is 1.75 bits per heavy atom.